The summed E-state index contributed by atoms with van der Waals surface area (Å²) >= 11 is 7.36. The number of amides is 2. The summed E-state index contributed by atoms with van der Waals surface area (Å²) in [6.45, 7) is 2.40. The highest BCUT2D eigenvalue weighted by Crippen LogP contribution is 2.23. The smallest absolute Gasteiger partial charge is 0.264 e. The van der Waals surface area contributed by atoms with Crippen molar-refractivity contribution in [3.63, 3.8) is 0 Å². The third-order valence-corrected chi connectivity index (χ3v) is 6.12. The molecule has 154 valence electrons. The number of rotatable bonds is 5. The largest absolute Gasteiger partial charge is 0.488 e. The molecule has 0 unspecified atom stereocenters. The number of carbonyl (C=O) groups is 2. The standard InChI is InChI=1S/C23H21ClN2O3S/c24-18-9-7-17(8-10-18)16-29-20-5-2-1-4-19(20)22(27)25-11-13-26(14-12-25)23(28)21-6-3-15-30-21/h1-10,15H,11-14,16H2. The van der Waals surface area contributed by atoms with Gasteiger partial charge in [0.15, 0.2) is 0 Å². The van der Waals surface area contributed by atoms with Crippen LogP contribution in [0.1, 0.15) is 25.6 Å². The molecule has 0 aliphatic carbocycles. The van der Waals surface area contributed by atoms with E-state index in [4.69, 9.17) is 16.3 Å². The van der Waals surface area contributed by atoms with Crippen molar-refractivity contribution in [3.8, 4) is 5.75 Å². The van der Waals surface area contributed by atoms with E-state index in [1.165, 1.54) is 11.3 Å². The summed E-state index contributed by atoms with van der Waals surface area (Å²) in [5.41, 5.74) is 1.51. The van der Waals surface area contributed by atoms with Crippen LogP contribution >= 0.6 is 22.9 Å². The molecular formula is C23H21ClN2O3S. The van der Waals surface area contributed by atoms with E-state index in [9.17, 15) is 9.59 Å². The van der Waals surface area contributed by atoms with Gasteiger partial charge in [-0.15, -0.1) is 11.3 Å². The van der Waals surface area contributed by atoms with Gasteiger partial charge >= 0.3 is 0 Å². The van der Waals surface area contributed by atoms with Gasteiger partial charge in [-0.1, -0.05) is 41.9 Å². The van der Waals surface area contributed by atoms with Gasteiger partial charge in [-0.05, 0) is 41.3 Å². The van der Waals surface area contributed by atoms with E-state index in [0.717, 1.165) is 10.4 Å². The first kappa shape index (κ1) is 20.4. The first-order chi connectivity index (χ1) is 14.6. The minimum Gasteiger partial charge on any atom is -0.488 e. The maximum Gasteiger partial charge on any atom is 0.264 e. The van der Waals surface area contributed by atoms with Crippen LogP contribution in [-0.2, 0) is 6.61 Å². The normalized spacial score (nSPS) is 13.9. The molecule has 2 amide bonds. The lowest BCUT2D eigenvalue weighted by Gasteiger charge is -2.34. The van der Waals surface area contributed by atoms with Gasteiger partial charge in [-0.2, -0.15) is 0 Å². The van der Waals surface area contributed by atoms with Crippen LogP contribution in [0.4, 0.5) is 0 Å². The SMILES string of the molecule is O=C(c1cccs1)N1CCN(C(=O)c2ccccc2OCc2ccc(Cl)cc2)CC1. The van der Waals surface area contributed by atoms with Gasteiger partial charge in [0.25, 0.3) is 11.8 Å². The highest BCUT2D eigenvalue weighted by molar-refractivity contribution is 7.12. The summed E-state index contributed by atoms with van der Waals surface area (Å²) in [7, 11) is 0. The van der Waals surface area contributed by atoms with Crippen LogP contribution in [0, 0.1) is 0 Å². The van der Waals surface area contributed by atoms with Gasteiger partial charge in [-0.3, -0.25) is 9.59 Å². The lowest BCUT2D eigenvalue weighted by atomic mass is 10.1. The molecule has 7 heteroatoms. The van der Waals surface area contributed by atoms with Gasteiger partial charge in [0.05, 0.1) is 10.4 Å². The van der Waals surface area contributed by atoms with Crippen LogP contribution in [0.2, 0.25) is 5.02 Å². The molecule has 2 aromatic carbocycles. The highest BCUT2D eigenvalue weighted by Gasteiger charge is 2.27. The molecular weight excluding hydrogens is 420 g/mol. The highest BCUT2D eigenvalue weighted by atomic mass is 35.5. The average Bonchev–Trinajstić information content (AvgIpc) is 3.33. The number of hydrogen-bond donors (Lipinski definition) is 0. The number of thiophene rings is 1. The van der Waals surface area contributed by atoms with Crippen molar-refractivity contribution in [1.29, 1.82) is 0 Å². The Bertz CT molecular complexity index is 1010. The molecule has 2 heterocycles. The van der Waals surface area contributed by atoms with Crippen molar-refractivity contribution in [3.05, 3.63) is 87.1 Å². The fraction of sp³-hybridized carbons (Fsp3) is 0.217. The molecule has 3 aromatic rings. The second-order valence-electron chi connectivity index (χ2n) is 6.97. The van der Waals surface area contributed by atoms with E-state index in [-0.39, 0.29) is 11.8 Å². The van der Waals surface area contributed by atoms with Gasteiger partial charge < -0.3 is 14.5 Å². The second-order valence-corrected chi connectivity index (χ2v) is 8.36. The Balaban J connectivity index is 1.39. The van der Waals surface area contributed by atoms with Gasteiger partial charge in [0.1, 0.15) is 12.4 Å². The molecule has 30 heavy (non-hydrogen) atoms. The van der Waals surface area contributed by atoms with E-state index in [1.807, 2.05) is 53.9 Å². The fourth-order valence-electron chi connectivity index (χ4n) is 3.35. The van der Waals surface area contributed by atoms with Crippen molar-refractivity contribution in [2.24, 2.45) is 0 Å². The van der Waals surface area contributed by atoms with Crippen molar-refractivity contribution < 1.29 is 14.3 Å². The molecule has 4 rings (SSSR count). The van der Waals surface area contributed by atoms with Crippen molar-refractivity contribution in [2.75, 3.05) is 26.2 Å². The molecule has 1 saturated heterocycles. The lowest BCUT2D eigenvalue weighted by molar-refractivity contribution is 0.0535. The molecule has 1 aliphatic heterocycles. The maximum absolute atomic E-state index is 13.1. The third-order valence-electron chi connectivity index (χ3n) is 5.01. The summed E-state index contributed by atoms with van der Waals surface area (Å²) in [5.74, 6) is 0.503. The van der Waals surface area contributed by atoms with Crippen molar-refractivity contribution in [2.45, 2.75) is 6.61 Å². The fourth-order valence-corrected chi connectivity index (χ4v) is 4.17. The van der Waals surface area contributed by atoms with E-state index < -0.39 is 0 Å². The zero-order valence-electron chi connectivity index (χ0n) is 16.3. The molecule has 0 N–H and O–H groups in total. The third kappa shape index (κ3) is 4.66. The Morgan fingerprint density at radius 2 is 1.53 bits per heavy atom. The summed E-state index contributed by atoms with van der Waals surface area (Å²) in [6, 6.07) is 18.4. The zero-order chi connectivity index (χ0) is 20.9. The summed E-state index contributed by atoms with van der Waals surface area (Å²) in [5, 5.41) is 2.57. The number of benzene rings is 2. The molecule has 0 saturated carbocycles. The Labute approximate surface area is 184 Å². The number of para-hydroxylation sites is 1. The van der Waals surface area contributed by atoms with E-state index >= 15 is 0 Å². The number of nitrogens with zero attached hydrogens (tertiary/aromatic N) is 2. The van der Waals surface area contributed by atoms with Crippen LogP contribution < -0.4 is 4.74 Å². The van der Waals surface area contributed by atoms with Gasteiger partial charge in [0.2, 0.25) is 0 Å². The molecule has 0 spiro atoms. The molecule has 0 atom stereocenters. The monoisotopic (exact) mass is 440 g/mol. The van der Waals surface area contributed by atoms with Crippen molar-refractivity contribution in [1.82, 2.24) is 9.80 Å². The van der Waals surface area contributed by atoms with Crippen LogP contribution in [0.15, 0.2) is 66.0 Å². The molecule has 0 radical (unpaired) electrons. The first-order valence-corrected chi connectivity index (χ1v) is 11.0. The van der Waals surface area contributed by atoms with Gasteiger partial charge in [0, 0.05) is 31.2 Å². The quantitative estimate of drug-likeness (QED) is 0.583. The predicted octanol–water partition coefficient (Wildman–Crippen LogP) is 4.58. The second kappa shape index (κ2) is 9.32. The number of carbonyl (C=O) groups excluding carboxylic acids is 2. The summed E-state index contributed by atoms with van der Waals surface area (Å²) in [6.07, 6.45) is 0. The minimum absolute atomic E-state index is 0.0313. The number of piperazine rings is 1. The summed E-state index contributed by atoms with van der Waals surface area (Å²) in [4.78, 5) is 29.9. The van der Waals surface area contributed by atoms with Crippen LogP contribution in [0.5, 0.6) is 5.75 Å². The van der Waals surface area contributed by atoms with Crippen LogP contribution in [0.3, 0.4) is 0 Å². The molecule has 0 bridgehead atoms. The molecule has 1 aromatic heterocycles. The number of ether oxygens (including phenoxy) is 1. The molecule has 1 aliphatic rings. The van der Waals surface area contributed by atoms with E-state index in [0.29, 0.717) is 49.1 Å². The summed E-state index contributed by atoms with van der Waals surface area (Å²) < 4.78 is 5.93. The van der Waals surface area contributed by atoms with E-state index in [2.05, 4.69) is 0 Å². The Kier molecular flexibility index (Phi) is 6.35. The Morgan fingerprint density at radius 3 is 2.20 bits per heavy atom. The predicted molar refractivity (Wildman–Crippen MR) is 118 cm³/mol. The van der Waals surface area contributed by atoms with E-state index in [1.54, 1.807) is 21.9 Å². The first-order valence-electron chi connectivity index (χ1n) is 9.70. The molecule has 1 fully saturated rings. The maximum atomic E-state index is 13.1. The van der Waals surface area contributed by atoms with Crippen LogP contribution in [0.25, 0.3) is 0 Å². The van der Waals surface area contributed by atoms with Gasteiger partial charge in [-0.25, -0.2) is 0 Å². The topological polar surface area (TPSA) is 49.9 Å². The minimum atomic E-state index is -0.0788. The Morgan fingerprint density at radius 1 is 0.867 bits per heavy atom. The van der Waals surface area contributed by atoms with Crippen molar-refractivity contribution >= 4 is 34.8 Å². The Hall–Kier alpha value is -2.83. The lowest BCUT2D eigenvalue weighted by Crippen LogP contribution is -2.50. The van der Waals surface area contributed by atoms with Crippen LogP contribution in [-0.4, -0.2) is 47.8 Å². The molecule has 5 nitrogen and oxygen atoms in total. The number of halogens is 1. The number of hydrogen-bond acceptors (Lipinski definition) is 4. The zero-order valence-corrected chi connectivity index (χ0v) is 17.9. The average molecular weight is 441 g/mol.